The number of hydrogen-bond acceptors (Lipinski definition) is 3. The van der Waals surface area contributed by atoms with Crippen LogP contribution in [0.5, 0.6) is 5.75 Å². The van der Waals surface area contributed by atoms with E-state index < -0.39 is 0 Å². The number of carbonyl (C=O) groups excluding carboxylic acids is 1. The van der Waals surface area contributed by atoms with E-state index in [-0.39, 0.29) is 5.91 Å². The molecule has 1 amide bonds. The number of benzene rings is 2. The second kappa shape index (κ2) is 8.03. The Bertz CT molecular complexity index is 690. The molecule has 0 atom stereocenters. The van der Waals surface area contributed by atoms with Gasteiger partial charge in [-0.25, -0.2) is 0 Å². The van der Waals surface area contributed by atoms with Crippen LogP contribution < -0.4 is 19.9 Å². The van der Waals surface area contributed by atoms with Crippen molar-refractivity contribution in [2.75, 3.05) is 45.2 Å². The number of likely N-dealkylation sites (N-methyl/N-ethyl adjacent to an activating group) is 1. The van der Waals surface area contributed by atoms with Gasteiger partial charge in [0.1, 0.15) is 5.75 Å². The highest BCUT2D eigenvalue weighted by molar-refractivity contribution is 5.94. The van der Waals surface area contributed by atoms with E-state index in [1.54, 1.807) is 36.3 Å². The van der Waals surface area contributed by atoms with Crippen LogP contribution in [0.15, 0.2) is 48.5 Å². The van der Waals surface area contributed by atoms with E-state index in [1.807, 2.05) is 0 Å². The summed E-state index contributed by atoms with van der Waals surface area (Å²) in [6.45, 7) is 5.08. The maximum absolute atomic E-state index is 12.2. The normalized spacial score (nSPS) is 15.0. The number of hydrogen-bond donors (Lipinski definition) is 2. The number of ether oxygens (including phenoxy) is 1. The highest BCUT2D eigenvalue weighted by Gasteiger charge is 2.16. The minimum absolute atomic E-state index is 0.0752. The largest absolute Gasteiger partial charge is 0.497 e. The molecule has 0 spiro atoms. The summed E-state index contributed by atoms with van der Waals surface area (Å²) < 4.78 is 5.11. The maximum atomic E-state index is 12.2. The van der Waals surface area contributed by atoms with Gasteiger partial charge >= 0.3 is 0 Å². The molecule has 0 radical (unpaired) electrons. The molecule has 0 unspecified atom stereocenters. The standard InChI is InChI=1S/C20H25N3O2/c1-22-11-13-23(14-12-22)18-7-3-16(4-8-18)15-21-20(24)17-5-9-19(25-2)10-6-17/h3-10H,11-15H2,1-2H3,(H,21,24)/p+1. The summed E-state index contributed by atoms with van der Waals surface area (Å²) in [6, 6.07) is 15.6. The molecule has 2 N–H and O–H groups in total. The zero-order chi connectivity index (χ0) is 17.6. The van der Waals surface area contributed by atoms with Crippen molar-refractivity contribution in [3.63, 3.8) is 0 Å². The van der Waals surface area contributed by atoms with Gasteiger partial charge in [0, 0.05) is 17.8 Å². The predicted octanol–water partition coefficient (Wildman–Crippen LogP) is 0.960. The SMILES string of the molecule is COc1ccc(C(=O)NCc2ccc(N3CC[NH+](C)CC3)cc2)cc1. The first-order valence-electron chi connectivity index (χ1n) is 8.73. The molecule has 3 rings (SSSR count). The third kappa shape index (κ3) is 4.51. The number of rotatable bonds is 5. The summed E-state index contributed by atoms with van der Waals surface area (Å²) >= 11 is 0. The van der Waals surface area contributed by atoms with Gasteiger partial charge in [-0.05, 0) is 42.0 Å². The monoisotopic (exact) mass is 340 g/mol. The van der Waals surface area contributed by atoms with Crippen LogP contribution in [0.2, 0.25) is 0 Å². The molecule has 0 aliphatic carbocycles. The molecule has 1 fully saturated rings. The van der Waals surface area contributed by atoms with E-state index in [1.165, 1.54) is 18.8 Å². The van der Waals surface area contributed by atoms with Gasteiger partial charge in [-0.15, -0.1) is 0 Å². The fourth-order valence-electron chi connectivity index (χ4n) is 3.00. The van der Waals surface area contributed by atoms with Gasteiger partial charge in [-0.3, -0.25) is 4.79 Å². The summed E-state index contributed by atoms with van der Waals surface area (Å²) in [5.41, 5.74) is 3.00. The number of nitrogens with one attached hydrogen (secondary N) is 2. The fraction of sp³-hybridized carbons (Fsp3) is 0.350. The van der Waals surface area contributed by atoms with Crippen LogP contribution in [0.3, 0.4) is 0 Å². The van der Waals surface area contributed by atoms with Crippen molar-refractivity contribution in [3.8, 4) is 5.75 Å². The zero-order valence-corrected chi connectivity index (χ0v) is 14.9. The van der Waals surface area contributed by atoms with Gasteiger partial charge in [0.05, 0.1) is 40.3 Å². The average Bonchev–Trinajstić information content (AvgIpc) is 2.67. The topological polar surface area (TPSA) is 46.0 Å². The first-order chi connectivity index (χ1) is 12.2. The van der Waals surface area contributed by atoms with Crippen LogP contribution in [0.4, 0.5) is 5.69 Å². The third-order valence-electron chi connectivity index (χ3n) is 4.72. The van der Waals surface area contributed by atoms with Gasteiger partial charge in [-0.1, -0.05) is 12.1 Å². The molecule has 5 heteroatoms. The molecule has 25 heavy (non-hydrogen) atoms. The van der Waals surface area contributed by atoms with E-state index >= 15 is 0 Å². The van der Waals surface area contributed by atoms with E-state index in [4.69, 9.17) is 4.74 Å². The van der Waals surface area contributed by atoms with Crippen molar-refractivity contribution in [2.45, 2.75) is 6.54 Å². The summed E-state index contributed by atoms with van der Waals surface area (Å²) in [5.74, 6) is 0.673. The highest BCUT2D eigenvalue weighted by atomic mass is 16.5. The molecule has 132 valence electrons. The summed E-state index contributed by atoms with van der Waals surface area (Å²) in [7, 11) is 3.86. The first kappa shape index (κ1) is 17.3. The second-order valence-corrected chi connectivity index (χ2v) is 6.52. The van der Waals surface area contributed by atoms with E-state index in [2.05, 4.69) is 41.5 Å². The maximum Gasteiger partial charge on any atom is 0.251 e. The van der Waals surface area contributed by atoms with E-state index in [9.17, 15) is 4.79 Å². The van der Waals surface area contributed by atoms with Gasteiger partial charge in [0.2, 0.25) is 0 Å². The molecule has 1 heterocycles. The van der Waals surface area contributed by atoms with Gasteiger partial charge < -0.3 is 19.9 Å². The molecular formula is C20H26N3O2+. The number of piperazine rings is 1. The molecule has 1 aliphatic heterocycles. The number of carbonyl (C=O) groups is 1. The second-order valence-electron chi connectivity index (χ2n) is 6.52. The van der Waals surface area contributed by atoms with E-state index in [0.29, 0.717) is 12.1 Å². The third-order valence-corrected chi connectivity index (χ3v) is 4.72. The number of nitrogens with zero attached hydrogens (tertiary/aromatic N) is 1. The van der Waals surface area contributed by atoms with E-state index in [0.717, 1.165) is 24.4 Å². The molecule has 1 aliphatic rings. The van der Waals surface area contributed by atoms with Crippen LogP contribution in [0, 0.1) is 0 Å². The van der Waals surface area contributed by atoms with Gasteiger partial charge in [0.15, 0.2) is 0 Å². The van der Waals surface area contributed by atoms with Crippen LogP contribution in [-0.2, 0) is 6.54 Å². The average molecular weight is 340 g/mol. The lowest BCUT2D eigenvalue weighted by Gasteiger charge is -2.31. The lowest BCUT2D eigenvalue weighted by atomic mass is 10.1. The van der Waals surface area contributed by atoms with Crippen molar-refractivity contribution in [3.05, 3.63) is 59.7 Å². The Balaban J connectivity index is 1.53. The summed E-state index contributed by atoms with van der Waals surface area (Å²) in [5, 5.41) is 2.96. The zero-order valence-electron chi connectivity index (χ0n) is 14.9. The van der Waals surface area contributed by atoms with Crippen molar-refractivity contribution in [1.82, 2.24) is 5.32 Å². The van der Waals surface area contributed by atoms with Crippen LogP contribution in [0.1, 0.15) is 15.9 Å². The number of anilines is 1. The van der Waals surface area contributed by atoms with Crippen LogP contribution in [0.25, 0.3) is 0 Å². The molecule has 2 aromatic rings. The predicted molar refractivity (Wildman–Crippen MR) is 99.4 cm³/mol. The fourth-order valence-corrected chi connectivity index (χ4v) is 3.00. The van der Waals surface area contributed by atoms with Crippen molar-refractivity contribution in [2.24, 2.45) is 0 Å². The molecule has 0 aromatic heterocycles. The van der Waals surface area contributed by atoms with Crippen molar-refractivity contribution in [1.29, 1.82) is 0 Å². The smallest absolute Gasteiger partial charge is 0.251 e. The lowest BCUT2D eigenvalue weighted by Crippen LogP contribution is -3.12. The Kier molecular flexibility index (Phi) is 5.56. The minimum Gasteiger partial charge on any atom is -0.497 e. The quantitative estimate of drug-likeness (QED) is 0.852. The first-order valence-corrected chi connectivity index (χ1v) is 8.73. The molecule has 0 saturated carbocycles. The Labute approximate surface area is 149 Å². The van der Waals surface area contributed by atoms with Gasteiger partial charge in [-0.2, -0.15) is 0 Å². The lowest BCUT2D eigenvalue weighted by molar-refractivity contribution is -0.880. The minimum atomic E-state index is -0.0752. The highest BCUT2D eigenvalue weighted by Crippen LogP contribution is 2.15. The van der Waals surface area contributed by atoms with Crippen LogP contribution in [-0.4, -0.2) is 46.2 Å². The molecule has 5 nitrogen and oxygen atoms in total. The number of quaternary nitrogens is 1. The Morgan fingerprint density at radius 3 is 2.32 bits per heavy atom. The summed E-state index contributed by atoms with van der Waals surface area (Å²) in [4.78, 5) is 16.2. The Hall–Kier alpha value is -2.53. The summed E-state index contributed by atoms with van der Waals surface area (Å²) in [6.07, 6.45) is 0. The Morgan fingerprint density at radius 2 is 1.72 bits per heavy atom. The number of amides is 1. The van der Waals surface area contributed by atoms with Crippen LogP contribution >= 0.6 is 0 Å². The molecule has 2 aromatic carbocycles. The molecule has 0 bridgehead atoms. The molecular weight excluding hydrogens is 314 g/mol. The van der Waals surface area contributed by atoms with Crippen molar-refractivity contribution < 1.29 is 14.4 Å². The Morgan fingerprint density at radius 1 is 1.08 bits per heavy atom. The molecule has 1 saturated heterocycles. The van der Waals surface area contributed by atoms with Crippen molar-refractivity contribution >= 4 is 11.6 Å². The van der Waals surface area contributed by atoms with Gasteiger partial charge in [0.25, 0.3) is 5.91 Å². The number of methoxy groups -OCH3 is 1.